The van der Waals surface area contributed by atoms with E-state index in [0.29, 0.717) is 0 Å². The van der Waals surface area contributed by atoms with Gasteiger partial charge in [-0.25, -0.2) is 0 Å². The number of methoxy groups -OCH3 is 1. The summed E-state index contributed by atoms with van der Waals surface area (Å²) in [6.07, 6.45) is 1.78. The van der Waals surface area contributed by atoms with Gasteiger partial charge in [0.1, 0.15) is 5.75 Å². The van der Waals surface area contributed by atoms with Gasteiger partial charge in [0.2, 0.25) is 0 Å². The number of aromatic amines is 1. The van der Waals surface area contributed by atoms with Crippen molar-refractivity contribution in [3.05, 3.63) is 36.5 Å². The van der Waals surface area contributed by atoms with Gasteiger partial charge in [-0.15, -0.1) is 0 Å². The lowest BCUT2D eigenvalue weighted by Crippen LogP contribution is -1.82. The quantitative estimate of drug-likeness (QED) is 0.759. The van der Waals surface area contributed by atoms with Gasteiger partial charge in [0.05, 0.1) is 7.11 Å². The van der Waals surface area contributed by atoms with E-state index in [-0.39, 0.29) is 0 Å². The normalized spacial score (nSPS) is 10.1. The summed E-state index contributed by atoms with van der Waals surface area (Å²) in [5.74, 6) is 0.855. The number of H-pyrrole nitrogens is 1. The maximum absolute atomic E-state index is 5.62. The molecule has 1 aromatic heterocycles. The predicted octanol–water partition coefficient (Wildman–Crippen LogP) is 2.27. The van der Waals surface area contributed by atoms with Crippen LogP contribution in [0.15, 0.2) is 36.5 Å². The Bertz CT molecular complexity index is 417. The average Bonchev–Trinajstić information content (AvgIpc) is 2.65. The van der Waals surface area contributed by atoms with E-state index < -0.39 is 0 Å². The number of nitrogen functional groups attached to an aromatic ring is 1. The third-order valence-electron chi connectivity index (χ3n) is 2.11. The lowest BCUT2D eigenvalue weighted by Gasteiger charge is -2.00. The molecule has 0 unspecified atom stereocenters. The molecule has 0 saturated carbocycles. The molecule has 3 nitrogen and oxygen atoms in total. The molecule has 0 radical (unpaired) electrons. The van der Waals surface area contributed by atoms with E-state index in [4.69, 9.17) is 10.5 Å². The molecule has 0 bridgehead atoms. The Morgan fingerprint density at radius 3 is 2.43 bits per heavy atom. The first-order valence-corrected chi connectivity index (χ1v) is 4.38. The average molecular weight is 188 g/mol. The number of nitrogens with one attached hydrogen (secondary N) is 1. The zero-order valence-electron chi connectivity index (χ0n) is 7.95. The number of rotatable bonds is 2. The zero-order chi connectivity index (χ0) is 9.97. The summed E-state index contributed by atoms with van der Waals surface area (Å²) in [6, 6.07) is 9.73. The van der Waals surface area contributed by atoms with E-state index in [1.165, 1.54) is 0 Å². The summed E-state index contributed by atoms with van der Waals surface area (Å²) >= 11 is 0. The molecule has 0 aliphatic rings. The van der Waals surface area contributed by atoms with Crippen molar-refractivity contribution >= 4 is 5.69 Å². The number of aromatic nitrogens is 1. The van der Waals surface area contributed by atoms with Crippen molar-refractivity contribution < 1.29 is 4.74 Å². The molecular formula is C11H12N2O. The topological polar surface area (TPSA) is 51.0 Å². The van der Waals surface area contributed by atoms with Crippen molar-refractivity contribution in [2.75, 3.05) is 12.8 Å². The Hall–Kier alpha value is -1.90. The van der Waals surface area contributed by atoms with Gasteiger partial charge in [0.15, 0.2) is 0 Å². The minimum absolute atomic E-state index is 0.746. The fourth-order valence-corrected chi connectivity index (χ4v) is 1.35. The van der Waals surface area contributed by atoms with Crippen molar-refractivity contribution in [1.29, 1.82) is 0 Å². The van der Waals surface area contributed by atoms with Crippen LogP contribution in [0.25, 0.3) is 11.3 Å². The van der Waals surface area contributed by atoms with E-state index in [1.807, 2.05) is 30.3 Å². The summed E-state index contributed by atoms with van der Waals surface area (Å²) in [4.78, 5) is 3.09. The van der Waals surface area contributed by atoms with E-state index in [9.17, 15) is 0 Å². The number of ether oxygens (including phenoxy) is 1. The molecule has 1 heterocycles. The van der Waals surface area contributed by atoms with Crippen molar-refractivity contribution in [3.63, 3.8) is 0 Å². The summed E-state index contributed by atoms with van der Waals surface area (Å²) in [7, 11) is 1.65. The molecule has 2 aromatic rings. The Morgan fingerprint density at radius 1 is 1.21 bits per heavy atom. The van der Waals surface area contributed by atoms with Gasteiger partial charge in [-0.3, -0.25) is 0 Å². The summed E-state index contributed by atoms with van der Waals surface area (Å²) in [6.45, 7) is 0. The number of anilines is 1. The van der Waals surface area contributed by atoms with E-state index >= 15 is 0 Å². The first kappa shape index (κ1) is 8.69. The van der Waals surface area contributed by atoms with Crippen molar-refractivity contribution in [2.45, 2.75) is 0 Å². The predicted molar refractivity (Wildman–Crippen MR) is 57.2 cm³/mol. The summed E-state index contributed by atoms with van der Waals surface area (Å²) in [5.41, 5.74) is 8.48. The maximum Gasteiger partial charge on any atom is 0.118 e. The molecule has 0 aliphatic carbocycles. The molecule has 3 heteroatoms. The fraction of sp³-hybridized carbons (Fsp3) is 0.0909. The minimum Gasteiger partial charge on any atom is -0.497 e. The zero-order valence-corrected chi connectivity index (χ0v) is 7.95. The Morgan fingerprint density at radius 2 is 1.93 bits per heavy atom. The second kappa shape index (κ2) is 3.46. The van der Waals surface area contributed by atoms with E-state index in [1.54, 1.807) is 13.3 Å². The number of hydrogen-bond acceptors (Lipinski definition) is 2. The third-order valence-corrected chi connectivity index (χ3v) is 2.11. The molecule has 1 aromatic carbocycles. The maximum atomic E-state index is 5.62. The minimum atomic E-state index is 0.746. The van der Waals surface area contributed by atoms with Crippen LogP contribution in [-0.4, -0.2) is 12.1 Å². The van der Waals surface area contributed by atoms with Crippen molar-refractivity contribution in [3.8, 4) is 17.0 Å². The van der Waals surface area contributed by atoms with Crippen LogP contribution in [0.5, 0.6) is 5.75 Å². The van der Waals surface area contributed by atoms with Gasteiger partial charge in [-0.1, -0.05) is 0 Å². The van der Waals surface area contributed by atoms with Crippen molar-refractivity contribution in [1.82, 2.24) is 4.98 Å². The highest BCUT2D eigenvalue weighted by Gasteiger charge is 1.99. The molecule has 0 atom stereocenters. The first-order chi connectivity index (χ1) is 6.79. The van der Waals surface area contributed by atoms with Crippen LogP contribution >= 0.6 is 0 Å². The van der Waals surface area contributed by atoms with Crippen LogP contribution in [0.3, 0.4) is 0 Å². The number of benzene rings is 1. The molecule has 0 amide bonds. The molecule has 0 spiro atoms. The number of nitrogens with two attached hydrogens (primary N) is 1. The van der Waals surface area contributed by atoms with Crippen molar-refractivity contribution in [2.24, 2.45) is 0 Å². The van der Waals surface area contributed by atoms with E-state index in [0.717, 1.165) is 22.7 Å². The fourth-order valence-electron chi connectivity index (χ4n) is 1.35. The van der Waals surface area contributed by atoms with Gasteiger partial charge in [0, 0.05) is 17.6 Å². The van der Waals surface area contributed by atoms with Gasteiger partial charge in [-0.05, 0) is 35.9 Å². The summed E-state index contributed by atoms with van der Waals surface area (Å²) < 4.78 is 5.08. The second-order valence-corrected chi connectivity index (χ2v) is 3.08. The van der Waals surface area contributed by atoms with Crippen LogP contribution in [0.2, 0.25) is 0 Å². The second-order valence-electron chi connectivity index (χ2n) is 3.08. The molecular weight excluding hydrogens is 176 g/mol. The lowest BCUT2D eigenvalue weighted by atomic mass is 10.1. The molecule has 14 heavy (non-hydrogen) atoms. The Balaban J connectivity index is 2.33. The highest BCUT2D eigenvalue weighted by atomic mass is 16.5. The van der Waals surface area contributed by atoms with Gasteiger partial charge < -0.3 is 15.5 Å². The summed E-state index contributed by atoms with van der Waals surface area (Å²) in [5, 5.41) is 0. The van der Waals surface area contributed by atoms with Crippen LogP contribution < -0.4 is 10.5 Å². The van der Waals surface area contributed by atoms with Gasteiger partial charge in [-0.2, -0.15) is 0 Å². The third kappa shape index (κ3) is 1.57. The molecule has 0 saturated heterocycles. The van der Waals surface area contributed by atoms with Gasteiger partial charge >= 0.3 is 0 Å². The molecule has 72 valence electrons. The number of hydrogen-bond donors (Lipinski definition) is 2. The highest BCUT2D eigenvalue weighted by molar-refractivity contribution is 5.64. The molecule has 3 N–H and O–H groups in total. The molecule has 0 aliphatic heterocycles. The van der Waals surface area contributed by atoms with Gasteiger partial charge in [0.25, 0.3) is 0 Å². The molecule has 0 fully saturated rings. The largest absolute Gasteiger partial charge is 0.497 e. The van der Waals surface area contributed by atoms with E-state index in [2.05, 4.69) is 4.98 Å². The van der Waals surface area contributed by atoms with Crippen LogP contribution in [0, 0.1) is 0 Å². The smallest absolute Gasteiger partial charge is 0.118 e. The first-order valence-electron chi connectivity index (χ1n) is 4.38. The van der Waals surface area contributed by atoms with Crippen LogP contribution in [0.1, 0.15) is 0 Å². The highest BCUT2D eigenvalue weighted by Crippen LogP contribution is 2.22. The van der Waals surface area contributed by atoms with Crippen LogP contribution in [-0.2, 0) is 0 Å². The monoisotopic (exact) mass is 188 g/mol. The Labute approximate surface area is 82.5 Å². The SMILES string of the molecule is COc1ccc(-c2cc(N)c[nH]2)cc1. The molecule has 2 rings (SSSR count). The van der Waals surface area contributed by atoms with Crippen LogP contribution in [0.4, 0.5) is 5.69 Å². The standard InChI is InChI=1S/C11H12N2O/c1-14-10-4-2-8(3-5-10)11-6-9(12)7-13-11/h2-7,13H,12H2,1H3. The Kier molecular flexibility index (Phi) is 2.14. The lowest BCUT2D eigenvalue weighted by molar-refractivity contribution is 0.415.